The van der Waals surface area contributed by atoms with E-state index in [0.29, 0.717) is 12.6 Å². The van der Waals surface area contributed by atoms with Gasteiger partial charge in [0.1, 0.15) is 0 Å². The molecule has 0 amide bonds. The Morgan fingerprint density at radius 2 is 1.79 bits per heavy atom. The average Bonchev–Trinajstić information content (AvgIpc) is 2.77. The van der Waals surface area contributed by atoms with E-state index < -0.39 is 0 Å². The molecule has 29 heavy (non-hydrogen) atoms. The zero-order valence-electron chi connectivity index (χ0n) is 16.6. The van der Waals surface area contributed by atoms with Crippen LogP contribution in [-0.4, -0.2) is 40.5 Å². The Hall–Kier alpha value is -2.96. The maximum Gasteiger partial charge on any atom is 0.0894 e. The lowest BCUT2D eigenvalue weighted by Gasteiger charge is -2.32. The first-order chi connectivity index (χ1) is 14.2. The number of hydrogen-bond donors (Lipinski definition) is 3. The summed E-state index contributed by atoms with van der Waals surface area (Å²) in [6.07, 6.45) is 6.04. The van der Waals surface area contributed by atoms with Crippen molar-refractivity contribution in [1.82, 2.24) is 20.2 Å². The van der Waals surface area contributed by atoms with Crippen LogP contribution in [0.25, 0.3) is 16.6 Å². The minimum Gasteiger partial charge on any atom is -0.399 e. The van der Waals surface area contributed by atoms with Crippen LogP contribution in [0.1, 0.15) is 24.1 Å². The molecule has 6 heteroatoms. The number of nitrogens with one attached hydrogen (secondary N) is 1. The summed E-state index contributed by atoms with van der Waals surface area (Å²) < 4.78 is 0. The number of likely N-dealkylation sites (tertiary alicyclic amines) is 1. The molecule has 0 radical (unpaired) electrons. The summed E-state index contributed by atoms with van der Waals surface area (Å²) in [5, 5.41) is 3.56. The highest BCUT2D eigenvalue weighted by Crippen LogP contribution is 2.17. The number of fused-ring (bicyclic) bond motifs is 1. The van der Waals surface area contributed by atoms with Gasteiger partial charge in [-0.05, 0) is 42.7 Å². The number of hydrogen-bond acceptors (Lipinski definition) is 6. The fourth-order valence-corrected chi connectivity index (χ4v) is 3.71. The molecule has 6 nitrogen and oxygen atoms in total. The molecular weight excluding hydrogens is 360 g/mol. The van der Waals surface area contributed by atoms with Gasteiger partial charge in [0.15, 0.2) is 0 Å². The van der Waals surface area contributed by atoms with Crippen molar-refractivity contribution in [2.24, 2.45) is 5.73 Å². The highest BCUT2D eigenvalue weighted by atomic mass is 15.1. The second kappa shape index (κ2) is 9.03. The smallest absolute Gasteiger partial charge is 0.0894 e. The molecule has 3 aromatic rings. The van der Waals surface area contributed by atoms with Crippen LogP contribution in [0.2, 0.25) is 0 Å². The molecule has 1 fully saturated rings. The molecular formula is C23H28N6. The van der Waals surface area contributed by atoms with Gasteiger partial charge in [-0.1, -0.05) is 24.3 Å². The van der Waals surface area contributed by atoms with E-state index in [4.69, 9.17) is 16.5 Å². The van der Waals surface area contributed by atoms with Crippen LogP contribution in [0.3, 0.4) is 0 Å². The van der Waals surface area contributed by atoms with Crippen molar-refractivity contribution < 1.29 is 0 Å². The molecule has 1 aliphatic rings. The van der Waals surface area contributed by atoms with Crippen LogP contribution in [0.4, 0.5) is 5.69 Å². The Morgan fingerprint density at radius 3 is 2.52 bits per heavy atom. The number of benzene rings is 2. The van der Waals surface area contributed by atoms with Crippen molar-refractivity contribution in [3.05, 3.63) is 72.2 Å². The lowest BCUT2D eigenvalue weighted by Crippen LogP contribution is -2.40. The lowest BCUT2D eigenvalue weighted by molar-refractivity contribution is 0.197. The number of para-hydroxylation sites is 2. The van der Waals surface area contributed by atoms with Crippen LogP contribution in [0.15, 0.2) is 60.9 Å². The molecule has 0 saturated carbocycles. The molecule has 0 aliphatic carbocycles. The molecule has 2 aromatic carbocycles. The third-order valence-corrected chi connectivity index (χ3v) is 5.46. The Balaban J connectivity index is 1.34. The maximum absolute atomic E-state index is 5.99. The Labute approximate surface area is 171 Å². The van der Waals surface area contributed by atoms with Crippen molar-refractivity contribution in [2.45, 2.75) is 25.4 Å². The molecule has 0 spiro atoms. The van der Waals surface area contributed by atoms with Gasteiger partial charge in [-0.15, -0.1) is 0 Å². The SMILES string of the molecule is NC/C(=C\NC1CCN(Cc2ccc(N)cc2)CC1)c1cnc2ccccc2n1. The van der Waals surface area contributed by atoms with Gasteiger partial charge >= 0.3 is 0 Å². The van der Waals surface area contributed by atoms with Crippen molar-refractivity contribution >= 4 is 22.3 Å². The summed E-state index contributed by atoms with van der Waals surface area (Å²) in [6, 6.07) is 16.5. The molecule has 1 saturated heterocycles. The molecule has 0 bridgehead atoms. The van der Waals surface area contributed by atoms with E-state index in [1.54, 1.807) is 6.20 Å². The largest absolute Gasteiger partial charge is 0.399 e. The number of aromatic nitrogens is 2. The minimum atomic E-state index is 0.427. The van der Waals surface area contributed by atoms with Crippen LogP contribution in [0, 0.1) is 0 Å². The number of piperidine rings is 1. The maximum atomic E-state index is 5.99. The quantitative estimate of drug-likeness (QED) is 0.562. The first-order valence-electron chi connectivity index (χ1n) is 10.2. The number of rotatable bonds is 6. The fourth-order valence-electron chi connectivity index (χ4n) is 3.71. The van der Waals surface area contributed by atoms with Gasteiger partial charge in [-0.25, -0.2) is 4.98 Å². The van der Waals surface area contributed by atoms with Crippen LogP contribution in [0.5, 0.6) is 0 Å². The Morgan fingerprint density at radius 1 is 1.07 bits per heavy atom. The van der Waals surface area contributed by atoms with Crippen molar-refractivity contribution in [1.29, 1.82) is 0 Å². The van der Waals surface area contributed by atoms with Crippen LogP contribution >= 0.6 is 0 Å². The van der Waals surface area contributed by atoms with Gasteiger partial charge < -0.3 is 16.8 Å². The fraction of sp³-hybridized carbons (Fsp3) is 0.304. The number of anilines is 1. The van der Waals surface area contributed by atoms with Crippen molar-refractivity contribution in [3.63, 3.8) is 0 Å². The summed E-state index contributed by atoms with van der Waals surface area (Å²) in [5.41, 5.74) is 17.5. The average molecular weight is 389 g/mol. The van der Waals surface area contributed by atoms with Crippen molar-refractivity contribution in [3.8, 4) is 0 Å². The van der Waals surface area contributed by atoms with E-state index in [1.807, 2.05) is 42.6 Å². The normalized spacial score (nSPS) is 16.2. The molecule has 2 heterocycles. The van der Waals surface area contributed by atoms with Gasteiger partial charge in [-0.2, -0.15) is 0 Å². The van der Waals surface area contributed by atoms with Crippen LogP contribution < -0.4 is 16.8 Å². The van der Waals surface area contributed by atoms with Gasteiger partial charge in [-0.3, -0.25) is 9.88 Å². The van der Waals surface area contributed by atoms with Gasteiger partial charge in [0.2, 0.25) is 0 Å². The Bertz CT molecular complexity index is 974. The van der Waals surface area contributed by atoms with E-state index in [-0.39, 0.29) is 0 Å². The summed E-state index contributed by atoms with van der Waals surface area (Å²) in [7, 11) is 0. The second-order valence-corrected chi connectivity index (χ2v) is 7.58. The standard InChI is InChI=1S/C23H28N6/c24-13-18(23-15-27-21-3-1-2-4-22(21)28-23)14-26-20-9-11-29(12-10-20)16-17-5-7-19(25)8-6-17/h1-8,14-15,20,26H,9-13,16,24-25H2/b18-14+. The molecule has 150 valence electrons. The lowest BCUT2D eigenvalue weighted by atomic mass is 10.0. The van der Waals surface area contributed by atoms with E-state index in [0.717, 1.165) is 60.5 Å². The monoisotopic (exact) mass is 388 g/mol. The number of nitrogens with zero attached hydrogens (tertiary/aromatic N) is 3. The zero-order chi connectivity index (χ0) is 20.1. The van der Waals surface area contributed by atoms with E-state index in [9.17, 15) is 0 Å². The number of nitrogen functional groups attached to an aromatic ring is 1. The third kappa shape index (κ3) is 4.91. The molecule has 4 rings (SSSR count). The first kappa shape index (κ1) is 19.4. The zero-order valence-corrected chi connectivity index (χ0v) is 16.6. The molecule has 1 aliphatic heterocycles. The van der Waals surface area contributed by atoms with Crippen LogP contribution in [-0.2, 0) is 6.54 Å². The Kier molecular flexibility index (Phi) is 6.03. The topological polar surface area (TPSA) is 93.1 Å². The number of nitrogens with two attached hydrogens (primary N) is 2. The highest BCUT2D eigenvalue weighted by molar-refractivity contribution is 5.76. The molecule has 1 aromatic heterocycles. The van der Waals surface area contributed by atoms with Gasteiger partial charge in [0, 0.05) is 49.7 Å². The van der Waals surface area contributed by atoms with Crippen molar-refractivity contribution in [2.75, 3.05) is 25.4 Å². The summed E-state index contributed by atoms with van der Waals surface area (Å²) in [6.45, 7) is 3.55. The molecule has 0 atom stereocenters. The van der Waals surface area contributed by atoms with E-state index >= 15 is 0 Å². The molecule has 0 unspecified atom stereocenters. The third-order valence-electron chi connectivity index (χ3n) is 5.46. The predicted octanol–water partition coefficient (Wildman–Crippen LogP) is 2.77. The minimum absolute atomic E-state index is 0.427. The predicted molar refractivity (Wildman–Crippen MR) is 119 cm³/mol. The summed E-state index contributed by atoms with van der Waals surface area (Å²) >= 11 is 0. The van der Waals surface area contributed by atoms with E-state index in [1.165, 1.54) is 5.56 Å². The van der Waals surface area contributed by atoms with E-state index in [2.05, 4.69) is 27.3 Å². The summed E-state index contributed by atoms with van der Waals surface area (Å²) in [5.74, 6) is 0. The highest BCUT2D eigenvalue weighted by Gasteiger charge is 2.18. The molecule has 5 N–H and O–H groups in total. The summed E-state index contributed by atoms with van der Waals surface area (Å²) in [4.78, 5) is 11.7. The first-order valence-corrected chi connectivity index (χ1v) is 10.2. The van der Waals surface area contributed by atoms with Gasteiger partial charge in [0.25, 0.3) is 0 Å². The second-order valence-electron chi connectivity index (χ2n) is 7.58. The van der Waals surface area contributed by atoms with Gasteiger partial charge in [0.05, 0.1) is 22.9 Å².